The Labute approximate surface area is 168 Å². The van der Waals surface area contributed by atoms with Gasteiger partial charge >= 0.3 is 0 Å². The molecule has 0 aromatic heterocycles. The van der Waals surface area contributed by atoms with E-state index in [-0.39, 0.29) is 30.0 Å². The summed E-state index contributed by atoms with van der Waals surface area (Å²) >= 11 is 5.91. The molecule has 0 spiro atoms. The Hall–Kier alpha value is -2.93. The zero-order valence-electron chi connectivity index (χ0n) is 15.9. The number of non-ortho nitro benzene ring substituents is 1. The minimum atomic E-state index is -0.498. The molecule has 2 rings (SSSR count). The smallest absolute Gasteiger partial charge is 0.269 e. The molecule has 7 nitrogen and oxygen atoms in total. The molecule has 0 saturated heterocycles. The van der Waals surface area contributed by atoms with Gasteiger partial charge in [0.25, 0.3) is 5.69 Å². The number of amides is 2. The molecule has 2 atom stereocenters. The Balaban J connectivity index is 2.17. The maximum Gasteiger partial charge on any atom is 0.269 e. The van der Waals surface area contributed by atoms with Crippen LogP contribution in [-0.2, 0) is 9.59 Å². The van der Waals surface area contributed by atoms with Gasteiger partial charge in [-0.1, -0.05) is 35.9 Å². The molecule has 0 radical (unpaired) electrons. The summed E-state index contributed by atoms with van der Waals surface area (Å²) in [5.41, 5.74) is 1.40. The number of carbonyl (C=O) groups is 2. The van der Waals surface area contributed by atoms with Crippen molar-refractivity contribution in [3.63, 3.8) is 0 Å². The Morgan fingerprint density at radius 3 is 2.39 bits per heavy atom. The molecular formula is C20H22ClN3O4. The summed E-state index contributed by atoms with van der Waals surface area (Å²) < 4.78 is 0. The first-order valence-electron chi connectivity index (χ1n) is 8.71. The Morgan fingerprint density at radius 1 is 1.18 bits per heavy atom. The fourth-order valence-electron chi connectivity index (χ4n) is 2.85. The molecule has 0 bridgehead atoms. The van der Waals surface area contributed by atoms with Gasteiger partial charge in [-0.05, 0) is 30.2 Å². The van der Waals surface area contributed by atoms with Crippen molar-refractivity contribution in [3.05, 3.63) is 74.8 Å². The average Bonchev–Trinajstić information content (AvgIpc) is 2.66. The van der Waals surface area contributed by atoms with Crippen LogP contribution in [0.2, 0.25) is 5.02 Å². The van der Waals surface area contributed by atoms with Gasteiger partial charge in [0.05, 0.1) is 23.4 Å². The minimum absolute atomic E-state index is 0.0255. The number of nitro benzene ring substituents is 1. The predicted octanol–water partition coefficient (Wildman–Crippen LogP) is 4.04. The fraction of sp³-hybridized carbons (Fsp3) is 0.300. The van der Waals surface area contributed by atoms with Crippen molar-refractivity contribution in [1.82, 2.24) is 10.2 Å². The second-order valence-electron chi connectivity index (χ2n) is 6.54. The minimum Gasteiger partial charge on any atom is -0.349 e. The van der Waals surface area contributed by atoms with E-state index in [1.165, 1.54) is 24.0 Å². The van der Waals surface area contributed by atoms with Crippen LogP contribution in [0.25, 0.3) is 0 Å². The third kappa shape index (κ3) is 5.53. The number of carbonyl (C=O) groups excluding carboxylic acids is 2. The number of benzene rings is 2. The van der Waals surface area contributed by atoms with Crippen LogP contribution in [0.3, 0.4) is 0 Å². The number of nitrogens with one attached hydrogen (secondary N) is 1. The number of nitrogens with zero attached hydrogens (tertiary/aromatic N) is 2. The van der Waals surface area contributed by atoms with Crippen LogP contribution >= 0.6 is 11.6 Å². The van der Waals surface area contributed by atoms with Crippen LogP contribution in [0.1, 0.15) is 43.5 Å². The van der Waals surface area contributed by atoms with Crippen molar-refractivity contribution in [2.75, 3.05) is 7.05 Å². The molecule has 0 aliphatic carbocycles. The second-order valence-corrected chi connectivity index (χ2v) is 6.98. The maximum absolute atomic E-state index is 12.8. The largest absolute Gasteiger partial charge is 0.349 e. The van der Waals surface area contributed by atoms with Gasteiger partial charge in [-0.3, -0.25) is 19.7 Å². The first-order valence-corrected chi connectivity index (χ1v) is 9.09. The lowest BCUT2D eigenvalue weighted by molar-refractivity contribution is -0.384. The van der Waals surface area contributed by atoms with Crippen molar-refractivity contribution in [1.29, 1.82) is 0 Å². The highest BCUT2D eigenvalue weighted by Crippen LogP contribution is 2.26. The van der Waals surface area contributed by atoms with Crippen molar-refractivity contribution in [2.45, 2.75) is 32.4 Å². The van der Waals surface area contributed by atoms with Gasteiger partial charge in [-0.15, -0.1) is 0 Å². The van der Waals surface area contributed by atoms with Crippen LogP contribution < -0.4 is 5.32 Å². The fourth-order valence-corrected chi connectivity index (χ4v) is 2.98. The molecule has 0 aliphatic heterocycles. The van der Waals surface area contributed by atoms with E-state index in [9.17, 15) is 19.7 Å². The first kappa shape index (κ1) is 21.4. The van der Waals surface area contributed by atoms with E-state index in [0.717, 1.165) is 5.56 Å². The molecule has 2 unspecified atom stereocenters. The number of hydrogen-bond acceptors (Lipinski definition) is 4. The third-order valence-corrected chi connectivity index (χ3v) is 4.82. The molecule has 0 aliphatic rings. The van der Waals surface area contributed by atoms with E-state index in [4.69, 9.17) is 11.6 Å². The summed E-state index contributed by atoms with van der Waals surface area (Å²) in [6.07, 6.45) is 0.0526. The third-order valence-electron chi connectivity index (χ3n) is 4.57. The molecule has 0 fully saturated rings. The highest BCUT2D eigenvalue weighted by molar-refractivity contribution is 6.30. The maximum atomic E-state index is 12.8. The quantitative estimate of drug-likeness (QED) is 0.557. The molecule has 0 saturated carbocycles. The molecule has 2 aromatic carbocycles. The van der Waals surface area contributed by atoms with Gasteiger partial charge in [0.2, 0.25) is 11.8 Å². The van der Waals surface area contributed by atoms with Gasteiger partial charge in [0.15, 0.2) is 0 Å². The van der Waals surface area contributed by atoms with Crippen molar-refractivity contribution < 1.29 is 14.5 Å². The summed E-state index contributed by atoms with van der Waals surface area (Å²) in [4.78, 5) is 36.4. The van der Waals surface area contributed by atoms with Crippen LogP contribution in [-0.4, -0.2) is 28.7 Å². The number of halogens is 1. The number of rotatable bonds is 7. The Bertz CT molecular complexity index is 870. The molecule has 1 N–H and O–H groups in total. The van der Waals surface area contributed by atoms with Gasteiger partial charge in [0.1, 0.15) is 0 Å². The lowest BCUT2D eigenvalue weighted by Crippen LogP contribution is -2.35. The van der Waals surface area contributed by atoms with Crippen LogP contribution in [0.15, 0.2) is 48.5 Å². The summed E-state index contributed by atoms with van der Waals surface area (Å²) in [5.74, 6) is -0.449. The van der Waals surface area contributed by atoms with Crippen LogP contribution in [0, 0.1) is 10.1 Å². The van der Waals surface area contributed by atoms with E-state index in [2.05, 4.69) is 5.32 Å². The lowest BCUT2D eigenvalue weighted by Gasteiger charge is -2.27. The van der Waals surface area contributed by atoms with Gasteiger partial charge < -0.3 is 10.2 Å². The van der Waals surface area contributed by atoms with E-state index in [0.29, 0.717) is 10.6 Å². The summed E-state index contributed by atoms with van der Waals surface area (Å²) in [5, 5.41) is 14.3. The standard InChI is InChI=1S/C20H22ClN3O4/c1-13(16-5-4-6-18(11-16)24(27)28)23(3)20(26)12-19(22-14(2)25)15-7-9-17(21)10-8-15/h4-11,13,19H,12H2,1-3H3,(H,22,25). The molecule has 2 amide bonds. The number of hydrogen-bond donors (Lipinski definition) is 1. The normalized spacial score (nSPS) is 12.7. The average molecular weight is 404 g/mol. The second kappa shape index (κ2) is 9.32. The zero-order valence-corrected chi connectivity index (χ0v) is 16.6. The van der Waals surface area contributed by atoms with Gasteiger partial charge in [-0.25, -0.2) is 0 Å². The van der Waals surface area contributed by atoms with E-state index in [1.54, 1.807) is 50.4 Å². The predicted molar refractivity (Wildman–Crippen MR) is 107 cm³/mol. The van der Waals surface area contributed by atoms with Crippen molar-refractivity contribution in [3.8, 4) is 0 Å². The Kier molecular flexibility index (Phi) is 7.12. The highest BCUT2D eigenvalue weighted by Gasteiger charge is 2.23. The van der Waals surface area contributed by atoms with E-state index < -0.39 is 11.0 Å². The van der Waals surface area contributed by atoms with Crippen molar-refractivity contribution >= 4 is 29.1 Å². The first-order chi connectivity index (χ1) is 13.2. The monoisotopic (exact) mass is 403 g/mol. The molecule has 28 heavy (non-hydrogen) atoms. The topological polar surface area (TPSA) is 92.6 Å². The highest BCUT2D eigenvalue weighted by atomic mass is 35.5. The molecule has 0 heterocycles. The summed E-state index contributed by atoms with van der Waals surface area (Å²) in [6.45, 7) is 3.19. The van der Waals surface area contributed by atoms with Gasteiger partial charge in [-0.2, -0.15) is 0 Å². The van der Waals surface area contributed by atoms with E-state index in [1.807, 2.05) is 0 Å². The zero-order chi connectivity index (χ0) is 20.8. The molecule has 148 valence electrons. The molecule has 2 aromatic rings. The molecule has 8 heteroatoms. The number of nitro groups is 1. The summed E-state index contributed by atoms with van der Waals surface area (Å²) in [6, 6.07) is 12.3. The summed E-state index contributed by atoms with van der Waals surface area (Å²) in [7, 11) is 1.64. The molecular weight excluding hydrogens is 382 g/mol. The van der Waals surface area contributed by atoms with Crippen LogP contribution in [0.5, 0.6) is 0 Å². The Morgan fingerprint density at radius 2 is 1.82 bits per heavy atom. The van der Waals surface area contributed by atoms with Crippen molar-refractivity contribution in [2.24, 2.45) is 0 Å². The SMILES string of the molecule is CC(=O)NC(CC(=O)N(C)C(C)c1cccc([N+](=O)[O-])c1)c1ccc(Cl)cc1. The lowest BCUT2D eigenvalue weighted by atomic mass is 10.0. The van der Waals surface area contributed by atoms with E-state index >= 15 is 0 Å². The van der Waals surface area contributed by atoms with Gasteiger partial charge in [0, 0.05) is 31.1 Å². The van der Waals surface area contributed by atoms with Crippen LogP contribution in [0.4, 0.5) is 5.69 Å².